The van der Waals surface area contributed by atoms with E-state index in [2.05, 4.69) is 22.5 Å². The maximum absolute atomic E-state index is 13.2. The molecule has 32 heavy (non-hydrogen) atoms. The van der Waals surface area contributed by atoms with Crippen molar-refractivity contribution in [3.63, 3.8) is 0 Å². The fourth-order valence-corrected chi connectivity index (χ4v) is 5.46. The quantitative estimate of drug-likeness (QED) is 0.643. The number of benzene rings is 2. The van der Waals surface area contributed by atoms with E-state index in [0.29, 0.717) is 13.2 Å². The molecule has 0 atom stereocenters. The van der Waals surface area contributed by atoms with Gasteiger partial charge in [-0.15, -0.1) is 0 Å². The first-order valence-corrected chi connectivity index (χ1v) is 11.6. The van der Waals surface area contributed by atoms with Gasteiger partial charge in [-0.1, -0.05) is 31.0 Å². The van der Waals surface area contributed by atoms with Crippen molar-refractivity contribution in [3.05, 3.63) is 60.3 Å². The van der Waals surface area contributed by atoms with Crippen molar-refractivity contribution < 1.29 is 14.3 Å². The van der Waals surface area contributed by atoms with Gasteiger partial charge < -0.3 is 14.8 Å². The van der Waals surface area contributed by atoms with Crippen LogP contribution in [0.5, 0.6) is 5.75 Å². The van der Waals surface area contributed by atoms with Gasteiger partial charge in [0.05, 0.1) is 41.9 Å². The molecule has 6 heteroatoms. The highest BCUT2D eigenvalue weighted by atomic mass is 16.5. The number of fused-ring (bicyclic) bond motifs is 2. The number of hydrogen-bond acceptors (Lipinski definition) is 4. The Bertz CT molecular complexity index is 1140. The lowest BCUT2D eigenvalue weighted by Crippen LogP contribution is -2.30. The fourth-order valence-electron chi connectivity index (χ4n) is 5.46. The standard InChI is InChI=1S/C26H27N3O3/c30-25-26(11-4-5-12-26)21-16-18(22-8-13-27-29(22)19-6-2-1-3-7-19)17-23(24(21)28-25)32-20-9-14-31-15-10-20/h1-3,6-8,13,16-17,20H,4-5,9-12,14-15H2,(H,28,30). The maximum atomic E-state index is 13.2. The summed E-state index contributed by atoms with van der Waals surface area (Å²) in [4.78, 5) is 13.2. The van der Waals surface area contributed by atoms with Crippen LogP contribution in [-0.4, -0.2) is 35.0 Å². The second kappa shape index (κ2) is 7.78. The summed E-state index contributed by atoms with van der Waals surface area (Å²) in [7, 11) is 0. The third-order valence-corrected chi connectivity index (χ3v) is 7.15. The van der Waals surface area contributed by atoms with Gasteiger partial charge in [-0.3, -0.25) is 4.79 Å². The number of carbonyl (C=O) groups excluding carboxylic acids is 1. The molecule has 2 fully saturated rings. The van der Waals surface area contributed by atoms with Gasteiger partial charge in [0.1, 0.15) is 11.9 Å². The zero-order valence-corrected chi connectivity index (χ0v) is 18.0. The van der Waals surface area contributed by atoms with Gasteiger partial charge >= 0.3 is 0 Å². The zero-order valence-electron chi connectivity index (χ0n) is 18.0. The van der Waals surface area contributed by atoms with Crippen LogP contribution in [0.1, 0.15) is 44.1 Å². The minimum atomic E-state index is -0.434. The van der Waals surface area contributed by atoms with Crippen LogP contribution in [0.4, 0.5) is 5.69 Å². The first kappa shape index (κ1) is 19.6. The van der Waals surface area contributed by atoms with Gasteiger partial charge in [0.25, 0.3) is 0 Å². The summed E-state index contributed by atoms with van der Waals surface area (Å²) in [6.45, 7) is 1.42. The van der Waals surface area contributed by atoms with Crippen LogP contribution in [0.3, 0.4) is 0 Å². The van der Waals surface area contributed by atoms with Crippen molar-refractivity contribution in [2.75, 3.05) is 18.5 Å². The van der Waals surface area contributed by atoms with Crippen LogP contribution in [0.25, 0.3) is 16.9 Å². The number of rotatable bonds is 4. The summed E-state index contributed by atoms with van der Waals surface area (Å²) >= 11 is 0. The number of para-hydroxylation sites is 1. The van der Waals surface area contributed by atoms with Crippen molar-refractivity contribution >= 4 is 11.6 Å². The van der Waals surface area contributed by atoms with Crippen molar-refractivity contribution in [3.8, 4) is 22.7 Å². The number of ether oxygens (including phenoxy) is 2. The van der Waals surface area contributed by atoms with Crippen molar-refractivity contribution in [2.45, 2.75) is 50.0 Å². The first-order chi connectivity index (χ1) is 15.7. The molecule has 0 bridgehead atoms. The molecule has 1 aromatic heterocycles. The van der Waals surface area contributed by atoms with Crippen LogP contribution < -0.4 is 10.1 Å². The molecular formula is C26H27N3O3. The van der Waals surface area contributed by atoms with E-state index >= 15 is 0 Å². The Labute approximate surface area is 187 Å². The number of anilines is 1. The van der Waals surface area contributed by atoms with Crippen LogP contribution in [0.2, 0.25) is 0 Å². The van der Waals surface area contributed by atoms with E-state index < -0.39 is 5.41 Å². The fraction of sp³-hybridized carbons (Fsp3) is 0.385. The van der Waals surface area contributed by atoms with Gasteiger partial charge in [0.15, 0.2) is 0 Å². The van der Waals surface area contributed by atoms with Crippen LogP contribution in [-0.2, 0) is 14.9 Å². The Morgan fingerprint density at radius 2 is 1.84 bits per heavy atom. The van der Waals surface area contributed by atoms with E-state index in [1.807, 2.05) is 47.3 Å². The largest absolute Gasteiger partial charge is 0.488 e. The monoisotopic (exact) mass is 429 g/mol. The summed E-state index contributed by atoms with van der Waals surface area (Å²) in [5.41, 5.74) is 4.53. The highest BCUT2D eigenvalue weighted by Gasteiger charge is 2.49. The minimum absolute atomic E-state index is 0.0964. The molecule has 6 nitrogen and oxygen atoms in total. The Morgan fingerprint density at radius 1 is 1.06 bits per heavy atom. The van der Waals surface area contributed by atoms with Gasteiger partial charge in [-0.05, 0) is 48.7 Å². The molecule has 3 aromatic rings. The lowest BCUT2D eigenvalue weighted by atomic mass is 9.79. The second-order valence-corrected chi connectivity index (χ2v) is 9.03. The van der Waals surface area contributed by atoms with E-state index in [1.165, 1.54) is 0 Å². The molecule has 3 heterocycles. The van der Waals surface area contributed by atoms with Gasteiger partial charge in [0, 0.05) is 18.4 Å². The predicted octanol–water partition coefficient (Wildman–Crippen LogP) is 4.86. The lowest BCUT2D eigenvalue weighted by molar-refractivity contribution is -0.120. The maximum Gasteiger partial charge on any atom is 0.235 e. The number of nitrogens with zero attached hydrogens (tertiary/aromatic N) is 2. The molecule has 2 aromatic carbocycles. The normalized spacial score (nSPS) is 19.8. The summed E-state index contributed by atoms with van der Waals surface area (Å²) in [5, 5.41) is 7.77. The van der Waals surface area contributed by atoms with Gasteiger partial charge in [0.2, 0.25) is 5.91 Å². The average Bonchev–Trinajstić information content (AvgIpc) is 3.57. The topological polar surface area (TPSA) is 65.4 Å². The smallest absolute Gasteiger partial charge is 0.235 e. The van der Waals surface area contributed by atoms with Crippen LogP contribution >= 0.6 is 0 Å². The van der Waals surface area contributed by atoms with E-state index in [0.717, 1.165) is 72.5 Å². The molecule has 6 rings (SSSR count). The summed E-state index contributed by atoms with van der Waals surface area (Å²) in [5.74, 6) is 0.887. The lowest BCUT2D eigenvalue weighted by Gasteiger charge is -2.26. The molecule has 1 aliphatic carbocycles. The third kappa shape index (κ3) is 3.13. The van der Waals surface area contributed by atoms with Crippen molar-refractivity contribution in [2.24, 2.45) is 0 Å². The van der Waals surface area contributed by atoms with Gasteiger partial charge in [-0.25, -0.2) is 4.68 Å². The summed E-state index contributed by atoms with van der Waals surface area (Å²) < 4.78 is 14.0. The number of hydrogen-bond donors (Lipinski definition) is 1. The Balaban J connectivity index is 1.49. The molecule has 2 aliphatic heterocycles. The molecule has 0 radical (unpaired) electrons. The molecule has 1 saturated heterocycles. The minimum Gasteiger partial charge on any atom is -0.488 e. The zero-order chi connectivity index (χ0) is 21.5. The molecule has 3 aliphatic rings. The molecule has 1 N–H and O–H groups in total. The number of nitrogens with one attached hydrogen (secondary N) is 1. The molecule has 1 amide bonds. The van der Waals surface area contributed by atoms with E-state index in [9.17, 15) is 4.79 Å². The first-order valence-electron chi connectivity index (χ1n) is 11.6. The molecule has 0 unspecified atom stereocenters. The molecule has 1 saturated carbocycles. The SMILES string of the molecule is O=C1Nc2c(OC3CCOCC3)cc(-c3ccnn3-c3ccccc3)cc2C12CCCC2. The number of aromatic nitrogens is 2. The Morgan fingerprint density at radius 3 is 2.62 bits per heavy atom. The number of amides is 1. The van der Waals surface area contributed by atoms with E-state index in [1.54, 1.807) is 0 Å². The second-order valence-electron chi connectivity index (χ2n) is 9.03. The molecule has 1 spiro atoms. The third-order valence-electron chi connectivity index (χ3n) is 7.15. The van der Waals surface area contributed by atoms with E-state index in [-0.39, 0.29) is 12.0 Å². The Kier molecular flexibility index (Phi) is 4.76. The van der Waals surface area contributed by atoms with Crippen LogP contribution in [0, 0.1) is 0 Å². The van der Waals surface area contributed by atoms with Gasteiger partial charge in [-0.2, -0.15) is 5.10 Å². The Hall–Kier alpha value is -3.12. The summed E-state index contributed by atoms with van der Waals surface area (Å²) in [6, 6.07) is 16.4. The van der Waals surface area contributed by atoms with Crippen molar-refractivity contribution in [1.29, 1.82) is 0 Å². The molecular weight excluding hydrogens is 402 g/mol. The highest BCUT2D eigenvalue weighted by molar-refractivity contribution is 6.08. The predicted molar refractivity (Wildman–Crippen MR) is 122 cm³/mol. The van der Waals surface area contributed by atoms with E-state index in [4.69, 9.17) is 9.47 Å². The van der Waals surface area contributed by atoms with Crippen LogP contribution in [0.15, 0.2) is 54.7 Å². The summed E-state index contributed by atoms with van der Waals surface area (Å²) in [6.07, 6.45) is 7.58. The highest BCUT2D eigenvalue weighted by Crippen LogP contribution is 2.53. The number of carbonyl (C=O) groups is 1. The molecule has 164 valence electrons. The average molecular weight is 430 g/mol. The van der Waals surface area contributed by atoms with Crippen molar-refractivity contribution in [1.82, 2.24) is 9.78 Å².